The van der Waals surface area contributed by atoms with Crippen molar-refractivity contribution in [2.24, 2.45) is 0 Å². The van der Waals surface area contributed by atoms with Crippen LogP contribution in [-0.2, 0) is 16.0 Å². The summed E-state index contributed by atoms with van der Waals surface area (Å²) >= 11 is 0. The fraction of sp³-hybridized carbons (Fsp3) is 0.632. The lowest BCUT2D eigenvalue weighted by atomic mass is 9.82. The Morgan fingerprint density at radius 2 is 1.96 bits per heavy atom. The molecule has 1 aromatic carbocycles. The SMILES string of the molecule is CCc1ccccc1N1CCC2(CC1)OC(CC)C(=O)NC2C. The topological polar surface area (TPSA) is 41.6 Å². The maximum absolute atomic E-state index is 12.0. The molecule has 4 heteroatoms. The van der Waals surface area contributed by atoms with Gasteiger partial charge in [-0.25, -0.2) is 0 Å². The summed E-state index contributed by atoms with van der Waals surface area (Å²) in [4.78, 5) is 14.5. The molecule has 2 saturated heterocycles. The molecule has 1 aromatic rings. The number of benzene rings is 1. The van der Waals surface area contributed by atoms with Gasteiger partial charge >= 0.3 is 0 Å². The molecular formula is C19H28N2O2. The minimum atomic E-state index is -0.291. The van der Waals surface area contributed by atoms with Gasteiger partial charge < -0.3 is 15.0 Å². The number of ether oxygens (including phenoxy) is 1. The van der Waals surface area contributed by atoms with E-state index in [1.54, 1.807) is 0 Å². The molecule has 0 saturated carbocycles. The first-order valence-corrected chi connectivity index (χ1v) is 8.90. The lowest BCUT2D eigenvalue weighted by molar-refractivity contribution is -0.176. The van der Waals surface area contributed by atoms with Gasteiger partial charge in [0.15, 0.2) is 0 Å². The van der Waals surface area contributed by atoms with Gasteiger partial charge in [0.25, 0.3) is 0 Å². The number of rotatable bonds is 3. The number of nitrogens with one attached hydrogen (secondary N) is 1. The van der Waals surface area contributed by atoms with Gasteiger partial charge in [-0.3, -0.25) is 4.79 Å². The van der Waals surface area contributed by atoms with Crippen molar-refractivity contribution in [2.75, 3.05) is 18.0 Å². The molecule has 0 aliphatic carbocycles. The van der Waals surface area contributed by atoms with Crippen molar-refractivity contribution in [3.05, 3.63) is 29.8 Å². The number of anilines is 1. The van der Waals surface area contributed by atoms with Crippen LogP contribution in [0.2, 0.25) is 0 Å². The Balaban J connectivity index is 1.73. The number of piperidine rings is 1. The number of hydrogen-bond acceptors (Lipinski definition) is 3. The minimum Gasteiger partial charge on any atom is -0.371 e. The summed E-state index contributed by atoms with van der Waals surface area (Å²) in [7, 11) is 0. The number of carbonyl (C=O) groups is 1. The molecule has 3 rings (SSSR count). The van der Waals surface area contributed by atoms with E-state index in [4.69, 9.17) is 4.74 Å². The van der Waals surface area contributed by atoms with Crippen LogP contribution in [0.15, 0.2) is 24.3 Å². The molecule has 126 valence electrons. The molecule has 0 aromatic heterocycles. The number of morpholine rings is 1. The zero-order chi connectivity index (χ0) is 16.4. The van der Waals surface area contributed by atoms with Gasteiger partial charge in [0, 0.05) is 18.8 Å². The molecule has 0 bridgehead atoms. The largest absolute Gasteiger partial charge is 0.371 e. The van der Waals surface area contributed by atoms with Gasteiger partial charge in [-0.05, 0) is 44.2 Å². The van der Waals surface area contributed by atoms with Gasteiger partial charge in [-0.2, -0.15) is 0 Å². The third-order valence-electron chi connectivity index (χ3n) is 5.51. The van der Waals surface area contributed by atoms with Gasteiger partial charge in [0.2, 0.25) is 5.91 Å². The highest BCUT2D eigenvalue weighted by Gasteiger charge is 2.47. The van der Waals surface area contributed by atoms with E-state index in [0.29, 0.717) is 0 Å². The van der Waals surface area contributed by atoms with Crippen molar-refractivity contribution in [1.29, 1.82) is 0 Å². The normalized spacial score (nSPS) is 27.1. The van der Waals surface area contributed by atoms with Crippen molar-refractivity contribution in [3.63, 3.8) is 0 Å². The highest BCUT2D eigenvalue weighted by Crippen LogP contribution is 2.36. The van der Waals surface area contributed by atoms with Crippen molar-refractivity contribution in [2.45, 2.75) is 64.2 Å². The molecule has 2 fully saturated rings. The second kappa shape index (κ2) is 6.52. The molecule has 2 aliphatic heterocycles. The molecule has 4 nitrogen and oxygen atoms in total. The van der Waals surface area contributed by atoms with Crippen molar-refractivity contribution in [3.8, 4) is 0 Å². The Bertz CT molecular complexity index is 564. The molecule has 2 atom stereocenters. The van der Waals surface area contributed by atoms with Crippen LogP contribution < -0.4 is 10.2 Å². The average Bonchev–Trinajstić information content (AvgIpc) is 2.59. The smallest absolute Gasteiger partial charge is 0.249 e. The maximum atomic E-state index is 12.0. The lowest BCUT2D eigenvalue weighted by Gasteiger charge is -2.50. The van der Waals surface area contributed by atoms with E-state index in [1.807, 2.05) is 6.92 Å². The van der Waals surface area contributed by atoms with E-state index < -0.39 is 0 Å². The van der Waals surface area contributed by atoms with E-state index in [-0.39, 0.29) is 23.7 Å². The molecule has 1 N–H and O–H groups in total. The van der Waals surface area contributed by atoms with E-state index in [1.165, 1.54) is 11.3 Å². The number of amides is 1. The highest BCUT2D eigenvalue weighted by atomic mass is 16.5. The Morgan fingerprint density at radius 3 is 2.61 bits per heavy atom. The van der Waals surface area contributed by atoms with Crippen LogP contribution in [0.3, 0.4) is 0 Å². The van der Waals surface area contributed by atoms with Gasteiger partial charge in [-0.15, -0.1) is 0 Å². The summed E-state index contributed by atoms with van der Waals surface area (Å²) in [6.07, 6.45) is 3.42. The predicted octanol–water partition coefficient (Wildman–Crippen LogP) is 2.90. The first-order chi connectivity index (χ1) is 11.1. The van der Waals surface area contributed by atoms with Crippen LogP contribution in [-0.4, -0.2) is 36.7 Å². The third-order valence-corrected chi connectivity index (χ3v) is 5.51. The van der Waals surface area contributed by atoms with Gasteiger partial charge in [0.1, 0.15) is 6.10 Å². The zero-order valence-corrected chi connectivity index (χ0v) is 14.5. The summed E-state index contributed by atoms with van der Waals surface area (Å²) in [5, 5.41) is 3.14. The molecule has 2 unspecified atom stereocenters. The van der Waals surface area contributed by atoms with Crippen molar-refractivity contribution < 1.29 is 9.53 Å². The summed E-state index contributed by atoms with van der Waals surface area (Å²) in [5.74, 6) is 0.0457. The van der Waals surface area contributed by atoms with Gasteiger partial charge in [0.05, 0.1) is 11.6 Å². The van der Waals surface area contributed by atoms with Crippen LogP contribution in [0.4, 0.5) is 5.69 Å². The second-order valence-electron chi connectivity index (χ2n) is 6.78. The first kappa shape index (κ1) is 16.3. The molecule has 1 spiro atoms. The molecular weight excluding hydrogens is 288 g/mol. The number of para-hydroxylation sites is 1. The van der Waals surface area contributed by atoms with Crippen LogP contribution in [0.25, 0.3) is 0 Å². The van der Waals surface area contributed by atoms with E-state index in [2.05, 4.69) is 48.3 Å². The standard InChI is InChI=1S/C19H28N2O2/c1-4-15-8-6-7-9-16(15)21-12-10-19(11-13-21)14(3)20-18(22)17(5-2)23-19/h6-9,14,17H,4-5,10-13H2,1-3H3,(H,20,22). The van der Waals surface area contributed by atoms with Crippen LogP contribution in [0, 0.1) is 0 Å². The number of carbonyl (C=O) groups excluding carboxylic acids is 1. The average molecular weight is 316 g/mol. The Morgan fingerprint density at radius 1 is 1.26 bits per heavy atom. The van der Waals surface area contributed by atoms with Crippen molar-refractivity contribution in [1.82, 2.24) is 5.32 Å². The van der Waals surface area contributed by atoms with Crippen LogP contribution in [0.5, 0.6) is 0 Å². The molecule has 0 radical (unpaired) electrons. The van der Waals surface area contributed by atoms with E-state index in [9.17, 15) is 4.79 Å². The fourth-order valence-corrected chi connectivity index (χ4v) is 3.94. The molecule has 2 heterocycles. The molecule has 2 aliphatic rings. The quantitative estimate of drug-likeness (QED) is 0.932. The number of aryl methyl sites for hydroxylation is 1. The second-order valence-corrected chi connectivity index (χ2v) is 6.78. The van der Waals surface area contributed by atoms with E-state index >= 15 is 0 Å². The van der Waals surface area contributed by atoms with Crippen molar-refractivity contribution >= 4 is 11.6 Å². The Hall–Kier alpha value is -1.55. The summed E-state index contributed by atoms with van der Waals surface area (Å²) < 4.78 is 6.29. The molecule has 23 heavy (non-hydrogen) atoms. The summed E-state index contributed by atoms with van der Waals surface area (Å²) in [6.45, 7) is 8.26. The zero-order valence-electron chi connectivity index (χ0n) is 14.5. The Labute approximate surface area is 139 Å². The first-order valence-electron chi connectivity index (χ1n) is 8.90. The summed E-state index contributed by atoms with van der Waals surface area (Å²) in [5.41, 5.74) is 2.55. The fourth-order valence-electron chi connectivity index (χ4n) is 3.94. The van der Waals surface area contributed by atoms with Crippen LogP contribution in [0.1, 0.15) is 45.6 Å². The minimum absolute atomic E-state index is 0.0457. The monoisotopic (exact) mass is 316 g/mol. The summed E-state index contributed by atoms with van der Waals surface area (Å²) in [6, 6.07) is 8.75. The molecule has 1 amide bonds. The van der Waals surface area contributed by atoms with E-state index in [0.717, 1.165) is 38.8 Å². The Kier molecular flexibility index (Phi) is 4.62. The third kappa shape index (κ3) is 2.97. The lowest BCUT2D eigenvalue weighted by Crippen LogP contribution is -2.65. The highest BCUT2D eigenvalue weighted by molar-refractivity contribution is 5.82. The maximum Gasteiger partial charge on any atom is 0.249 e. The van der Waals surface area contributed by atoms with Gasteiger partial charge in [-0.1, -0.05) is 32.0 Å². The number of nitrogens with zero attached hydrogens (tertiary/aromatic N) is 1. The van der Waals surface area contributed by atoms with Crippen LogP contribution >= 0.6 is 0 Å². The predicted molar refractivity (Wildman–Crippen MR) is 92.8 cm³/mol. The number of hydrogen-bond donors (Lipinski definition) is 1.